The van der Waals surface area contributed by atoms with Crippen molar-refractivity contribution in [3.8, 4) is 5.75 Å². The van der Waals surface area contributed by atoms with Crippen LogP contribution in [0.3, 0.4) is 0 Å². The van der Waals surface area contributed by atoms with Crippen LogP contribution < -0.4 is 4.74 Å². The van der Waals surface area contributed by atoms with Gasteiger partial charge in [0.15, 0.2) is 26.2 Å². The highest BCUT2D eigenvalue weighted by molar-refractivity contribution is 7.91. The van der Waals surface area contributed by atoms with E-state index in [0.717, 1.165) is 5.56 Å². The number of aromatic nitrogens is 3. The molecule has 1 aliphatic heterocycles. The van der Waals surface area contributed by atoms with E-state index in [4.69, 9.17) is 17.0 Å². The van der Waals surface area contributed by atoms with Crippen LogP contribution in [-0.2, 0) is 30.1 Å². The highest BCUT2D eigenvalue weighted by atomic mass is 32.2. The largest absolute Gasteiger partial charge is 0.494 e. The van der Waals surface area contributed by atoms with Crippen molar-refractivity contribution >= 4 is 22.1 Å². The van der Waals surface area contributed by atoms with Gasteiger partial charge in [0.05, 0.1) is 25.3 Å². The molecule has 1 aromatic carbocycles. The Kier molecular flexibility index (Phi) is 5.68. The third kappa shape index (κ3) is 4.39. The first kappa shape index (κ1) is 20.0. The van der Waals surface area contributed by atoms with Gasteiger partial charge in [-0.3, -0.25) is 4.90 Å². The van der Waals surface area contributed by atoms with Crippen LogP contribution in [0.1, 0.15) is 23.7 Å². The molecule has 2 aromatic rings. The molecule has 1 aromatic heterocycles. The van der Waals surface area contributed by atoms with Gasteiger partial charge >= 0.3 is 0 Å². The van der Waals surface area contributed by atoms with Crippen LogP contribution in [-0.4, -0.2) is 53.3 Å². The zero-order chi connectivity index (χ0) is 19.8. The molecule has 0 N–H and O–H groups in total. The fourth-order valence-corrected chi connectivity index (χ4v) is 5.28. The number of hydrogen-bond donors (Lipinski definition) is 0. The maximum Gasteiger partial charge on any atom is 0.198 e. The third-order valence-electron chi connectivity index (χ3n) is 4.72. The molecule has 1 saturated heterocycles. The van der Waals surface area contributed by atoms with Gasteiger partial charge in [-0.2, -0.15) is 5.10 Å². The second-order valence-corrected chi connectivity index (χ2v) is 9.52. The topological polar surface area (TPSA) is 69.4 Å². The summed E-state index contributed by atoms with van der Waals surface area (Å²) in [7, 11) is 2.14. The molecule has 7 nitrogen and oxygen atoms in total. The molecule has 0 spiro atoms. The first-order chi connectivity index (χ1) is 12.7. The molecule has 1 atom stereocenters. The Bertz CT molecular complexity index is 1000. The lowest BCUT2D eigenvalue weighted by Gasteiger charge is -2.17. The number of rotatable bonds is 6. The predicted molar refractivity (Wildman–Crippen MR) is 102 cm³/mol. The summed E-state index contributed by atoms with van der Waals surface area (Å²) < 4.78 is 46.3. The number of methoxy groups -OCH3 is 1. The van der Waals surface area contributed by atoms with Crippen LogP contribution in [0.25, 0.3) is 0 Å². The fourth-order valence-electron chi connectivity index (χ4n) is 3.35. The molecule has 3 rings (SSSR count). The predicted octanol–water partition coefficient (Wildman–Crippen LogP) is 2.09. The second-order valence-electron chi connectivity index (χ2n) is 6.92. The van der Waals surface area contributed by atoms with E-state index in [-0.39, 0.29) is 23.2 Å². The number of sulfone groups is 1. The van der Waals surface area contributed by atoms with E-state index in [1.165, 1.54) is 13.2 Å². The maximum atomic E-state index is 13.9. The molecule has 10 heteroatoms. The fraction of sp³-hybridized carbons (Fsp3) is 0.529. The summed E-state index contributed by atoms with van der Waals surface area (Å²) in [6, 6.07) is 4.86. The number of hydrogen-bond acceptors (Lipinski definition) is 6. The molecule has 0 saturated carbocycles. The average molecular weight is 415 g/mol. The van der Waals surface area contributed by atoms with Crippen molar-refractivity contribution in [2.75, 3.05) is 25.7 Å². The van der Waals surface area contributed by atoms with E-state index in [0.29, 0.717) is 30.2 Å². The Morgan fingerprint density at radius 3 is 2.78 bits per heavy atom. The molecular formula is C17H23FN4O3S2. The SMILES string of the molecule is COc1ccc(CN(C)Cn2nc(C3CCS(=O)(=O)C3)n(C)c2=S)cc1F. The first-order valence-corrected chi connectivity index (χ1v) is 10.8. The highest BCUT2D eigenvalue weighted by Gasteiger charge is 2.32. The van der Waals surface area contributed by atoms with Crippen LogP contribution in [0.2, 0.25) is 0 Å². The van der Waals surface area contributed by atoms with Gasteiger partial charge in [0.1, 0.15) is 5.82 Å². The summed E-state index contributed by atoms with van der Waals surface area (Å²) in [6.07, 6.45) is 0.572. The third-order valence-corrected chi connectivity index (χ3v) is 6.97. The smallest absolute Gasteiger partial charge is 0.198 e. The summed E-state index contributed by atoms with van der Waals surface area (Å²) in [5, 5.41) is 4.56. The molecule has 27 heavy (non-hydrogen) atoms. The van der Waals surface area contributed by atoms with Crippen molar-refractivity contribution in [2.45, 2.75) is 25.6 Å². The van der Waals surface area contributed by atoms with E-state index in [1.54, 1.807) is 15.3 Å². The number of benzene rings is 1. The summed E-state index contributed by atoms with van der Waals surface area (Å²) in [5.74, 6) is 0.703. The highest BCUT2D eigenvalue weighted by Crippen LogP contribution is 2.27. The molecule has 0 bridgehead atoms. The Balaban J connectivity index is 1.73. The van der Waals surface area contributed by atoms with Crippen molar-refractivity contribution in [3.63, 3.8) is 0 Å². The lowest BCUT2D eigenvalue weighted by molar-refractivity contribution is 0.243. The summed E-state index contributed by atoms with van der Waals surface area (Å²) in [5.41, 5.74) is 0.806. The summed E-state index contributed by atoms with van der Waals surface area (Å²) >= 11 is 5.45. The van der Waals surface area contributed by atoms with Crippen molar-refractivity contribution in [1.82, 2.24) is 19.2 Å². The Morgan fingerprint density at radius 2 is 2.19 bits per heavy atom. The maximum absolute atomic E-state index is 13.9. The van der Waals surface area contributed by atoms with Gasteiger partial charge in [0.25, 0.3) is 0 Å². The number of ether oxygens (including phenoxy) is 1. The van der Waals surface area contributed by atoms with E-state index in [9.17, 15) is 12.8 Å². The van der Waals surface area contributed by atoms with Gasteiger partial charge in [-0.15, -0.1) is 0 Å². The molecule has 0 aliphatic carbocycles. The summed E-state index contributed by atoms with van der Waals surface area (Å²) in [6.45, 7) is 0.923. The van der Waals surface area contributed by atoms with Crippen molar-refractivity contribution < 1.29 is 17.5 Å². The quantitative estimate of drug-likeness (QED) is 0.675. The molecular weight excluding hydrogens is 391 g/mol. The van der Waals surface area contributed by atoms with Gasteiger partial charge in [0, 0.05) is 19.5 Å². The van der Waals surface area contributed by atoms with Crippen molar-refractivity contribution in [1.29, 1.82) is 0 Å². The van der Waals surface area contributed by atoms with Gasteiger partial charge in [-0.1, -0.05) is 6.07 Å². The molecule has 1 fully saturated rings. The zero-order valence-corrected chi connectivity index (χ0v) is 17.2. The molecule has 0 amide bonds. The molecule has 148 valence electrons. The van der Waals surface area contributed by atoms with E-state index in [1.807, 2.05) is 25.1 Å². The minimum absolute atomic E-state index is 0.119. The minimum atomic E-state index is -2.99. The zero-order valence-electron chi connectivity index (χ0n) is 15.6. The van der Waals surface area contributed by atoms with Crippen LogP contribution in [0.15, 0.2) is 18.2 Å². The minimum Gasteiger partial charge on any atom is -0.494 e. The molecule has 1 unspecified atom stereocenters. The standard InChI is InChI=1S/C17H23FN4O3S2/c1-20(9-12-4-5-15(25-3)14(18)8-12)11-22-17(26)21(2)16(19-22)13-6-7-27(23,24)10-13/h4-5,8,13H,6-7,9-11H2,1-3H3. The van der Waals surface area contributed by atoms with Crippen LogP contribution >= 0.6 is 12.2 Å². The average Bonchev–Trinajstić information content (AvgIpc) is 3.09. The van der Waals surface area contributed by atoms with Gasteiger partial charge < -0.3 is 9.30 Å². The molecule has 1 aliphatic rings. The number of halogens is 1. The van der Waals surface area contributed by atoms with Crippen LogP contribution in [0, 0.1) is 10.6 Å². The Morgan fingerprint density at radius 1 is 1.44 bits per heavy atom. The monoisotopic (exact) mass is 414 g/mol. The van der Waals surface area contributed by atoms with Crippen LogP contribution in [0.4, 0.5) is 4.39 Å². The van der Waals surface area contributed by atoms with Crippen molar-refractivity contribution in [3.05, 3.63) is 40.2 Å². The first-order valence-electron chi connectivity index (χ1n) is 8.55. The van der Waals surface area contributed by atoms with Crippen LogP contribution in [0.5, 0.6) is 5.75 Å². The lowest BCUT2D eigenvalue weighted by Crippen LogP contribution is -2.22. The molecule has 2 heterocycles. The normalized spacial score (nSPS) is 18.9. The van der Waals surface area contributed by atoms with Gasteiger partial charge in [0.2, 0.25) is 0 Å². The van der Waals surface area contributed by atoms with E-state index >= 15 is 0 Å². The second kappa shape index (κ2) is 7.69. The van der Waals surface area contributed by atoms with E-state index in [2.05, 4.69) is 5.10 Å². The van der Waals surface area contributed by atoms with Gasteiger partial charge in [-0.05, 0) is 43.4 Å². The Labute approximate surface area is 163 Å². The van der Waals surface area contributed by atoms with Gasteiger partial charge in [-0.25, -0.2) is 17.5 Å². The molecule has 0 radical (unpaired) electrons. The Hall–Kier alpha value is -1.78. The number of nitrogens with zero attached hydrogens (tertiary/aromatic N) is 4. The van der Waals surface area contributed by atoms with Crippen molar-refractivity contribution in [2.24, 2.45) is 7.05 Å². The lowest BCUT2D eigenvalue weighted by atomic mass is 10.1. The summed E-state index contributed by atoms with van der Waals surface area (Å²) in [4.78, 5) is 1.96. The van der Waals surface area contributed by atoms with E-state index < -0.39 is 15.7 Å².